The van der Waals surface area contributed by atoms with Gasteiger partial charge in [-0.1, -0.05) is 24.1 Å². The Balaban J connectivity index is 1.71. The molecule has 0 unspecified atom stereocenters. The Labute approximate surface area is 148 Å². The maximum atomic E-state index is 10.2. The van der Waals surface area contributed by atoms with Crippen molar-refractivity contribution in [1.82, 2.24) is 19.5 Å². The molecule has 2 aromatic heterocycles. The Bertz CT molecular complexity index is 979. The van der Waals surface area contributed by atoms with Crippen molar-refractivity contribution in [2.75, 3.05) is 6.61 Å². The van der Waals surface area contributed by atoms with Gasteiger partial charge in [0.25, 0.3) is 0 Å². The van der Waals surface area contributed by atoms with E-state index in [0.717, 1.165) is 5.56 Å². The summed E-state index contributed by atoms with van der Waals surface area (Å²) in [5.41, 5.74) is 2.19. The van der Waals surface area contributed by atoms with Crippen LogP contribution in [0, 0.1) is 11.8 Å². The molecule has 3 N–H and O–H groups in total. The van der Waals surface area contributed by atoms with Crippen molar-refractivity contribution >= 4 is 11.2 Å². The normalized spacial score (nSPS) is 25.2. The number of ether oxygens (including phenoxy) is 1. The Morgan fingerprint density at radius 3 is 2.58 bits per heavy atom. The molecular formula is C18H16N4O4. The zero-order valence-electron chi connectivity index (χ0n) is 13.6. The molecule has 4 atom stereocenters. The number of fused-ring (bicyclic) bond motifs is 1. The third-order valence-electron chi connectivity index (χ3n) is 4.25. The first-order valence-corrected chi connectivity index (χ1v) is 8.06. The highest BCUT2D eigenvalue weighted by Gasteiger charge is 2.43. The first-order chi connectivity index (χ1) is 12.7. The number of rotatable bonds is 2. The number of aliphatic hydroxyl groups is 3. The Hall–Kier alpha value is -2.83. The molecule has 1 aliphatic rings. The molecule has 0 radical (unpaired) electrons. The molecule has 132 valence electrons. The molecule has 0 spiro atoms. The second-order valence-electron chi connectivity index (χ2n) is 5.89. The van der Waals surface area contributed by atoms with E-state index in [1.807, 2.05) is 30.3 Å². The summed E-state index contributed by atoms with van der Waals surface area (Å²) in [6.07, 6.45) is -1.37. The highest BCUT2D eigenvalue weighted by Crippen LogP contribution is 2.31. The van der Waals surface area contributed by atoms with Gasteiger partial charge in [-0.25, -0.2) is 15.0 Å². The second kappa shape index (κ2) is 6.82. The number of imidazole rings is 1. The van der Waals surface area contributed by atoms with Gasteiger partial charge in [-0.15, -0.1) is 0 Å². The summed E-state index contributed by atoms with van der Waals surface area (Å²) in [5, 5.41) is 29.4. The molecule has 8 heteroatoms. The molecule has 0 aliphatic carbocycles. The van der Waals surface area contributed by atoms with E-state index in [-0.39, 0.29) is 0 Å². The number of nitrogens with zero attached hydrogens (tertiary/aromatic N) is 4. The van der Waals surface area contributed by atoms with Crippen LogP contribution in [-0.2, 0) is 4.74 Å². The molecule has 4 rings (SSSR count). The van der Waals surface area contributed by atoms with Crippen molar-refractivity contribution in [1.29, 1.82) is 0 Å². The predicted molar refractivity (Wildman–Crippen MR) is 90.8 cm³/mol. The molecule has 0 saturated carbocycles. The van der Waals surface area contributed by atoms with Crippen LogP contribution in [0.3, 0.4) is 0 Å². The van der Waals surface area contributed by atoms with E-state index in [4.69, 9.17) is 4.74 Å². The molecule has 26 heavy (non-hydrogen) atoms. The molecule has 1 aromatic carbocycles. The van der Waals surface area contributed by atoms with Gasteiger partial charge in [-0.2, -0.15) is 0 Å². The van der Waals surface area contributed by atoms with E-state index >= 15 is 0 Å². The van der Waals surface area contributed by atoms with Gasteiger partial charge in [-0.3, -0.25) is 4.57 Å². The molecule has 1 saturated heterocycles. The minimum absolute atomic E-state index is 0.399. The van der Waals surface area contributed by atoms with Gasteiger partial charge in [0.2, 0.25) is 0 Å². The fourth-order valence-electron chi connectivity index (χ4n) is 2.89. The van der Waals surface area contributed by atoms with Crippen LogP contribution in [-0.4, -0.2) is 59.8 Å². The molecular weight excluding hydrogens is 336 g/mol. The summed E-state index contributed by atoms with van der Waals surface area (Å²) >= 11 is 0. The van der Waals surface area contributed by atoms with Crippen LogP contribution in [0.2, 0.25) is 0 Å². The zero-order chi connectivity index (χ0) is 18.1. The van der Waals surface area contributed by atoms with Crippen LogP contribution in [0.1, 0.15) is 17.5 Å². The largest absolute Gasteiger partial charge is 0.394 e. The van der Waals surface area contributed by atoms with Crippen LogP contribution in [0.5, 0.6) is 0 Å². The van der Waals surface area contributed by atoms with Crippen molar-refractivity contribution in [2.24, 2.45) is 0 Å². The fraction of sp³-hybridized carbons (Fsp3) is 0.278. The minimum Gasteiger partial charge on any atom is -0.394 e. The maximum absolute atomic E-state index is 10.2. The molecule has 1 fully saturated rings. The van der Waals surface area contributed by atoms with E-state index in [9.17, 15) is 15.3 Å². The standard InChI is InChI=1S/C18H16N4O4/c23-8-13-15(24)16(25)18(26-13)22-10-21-14-12(19-9-20-17(14)22)7-6-11-4-2-1-3-5-11/h1-5,9-10,13,15-16,18,23-25H,8H2/t13-,15-,16-,18-/m1/s1. The Morgan fingerprint density at radius 1 is 1.04 bits per heavy atom. The molecule has 8 nitrogen and oxygen atoms in total. The van der Waals surface area contributed by atoms with Gasteiger partial charge in [0.15, 0.2) is 11.9 Å². The monoisotopic (exact) mass is 352 g/mol. The third kappa shape index (κ3) is 2.83. The highest BCUT2D eigenvalue weighted by atomic mass is 16.6. The molecule has 3 heterocycles. The minimum atomic E-state index is -1.21. The average molecular weight is 352 g/mol. The van der Waals surface area contributed by atoms with E-state index in [0.29, 0.717) is 16.9 Å². The summed E-state index contributed by atoms with van der Waals surface area (Å²) in [6, 6.07) is 9.50. The smallest absolute Gasteiger partial charge is 0.166 e. The Morgan fingerprint density at radius 2 is 1.85 bits per heavy atom. The van der Waals surface area contributed by atoms with Crippen molar-refractivity contribution in [3.63, 3.8) is 0 Å². The topological polar surface area (TPSA) is 114 Å². The SMILES string of the molecule is OC[C@H]1O[C@@H](n2cnc3c(C#Cc4ccccc4)ncnc32)[C@H](O)[C@@H]1O. The fourth-order valence-corrected chi connectivity index (χ4v) is 2.89. The number of hydrogen-bond donors (Lipinski definition) is 3. The first kappa shape index (κ1) is 16.6. The molecule has 3 aromatic rings. The second-order valence-corrected chi connectivity index (χ2v) is 5.89. The van der Waals surface area contributed by atoms with Crippen molar-refractivity contribution in [3.05, 3.63) is 54.2 Å². The predicted octanol–water partition coefficient (Wildman–Crippen LogP) is -0.162. The highest BCUT2D eigenvalue weighted by molar-refractivity contribution is 5.76. The van der Waals surface area contributed by atoms with Crippen LogP contribution >= 0.6 is 0 Å². The van der Waals surface area contributed by atoms with Crippen molar-refractivity contribution < 1.29 is 20.1 Å². The third-order valence-corrected chi connectivity index (χ3v) is 4.25. The van der Waals surface area contributed by atoms with Gasteiger partial charge in [0.1, 0.15) is 35.8 Å². The van der Waals surface area contributed by atoms with Gasteiger partial charge in [0.05, 0.1) is 12.9 Å². The van der Waals surface area contributed by atoms with Crippen molar-refractivity contribution in [2.45, 2.75) is 24.5 Å². The summed E-state index contributed by atoms with van der Waals surface area (Å²) in [4.78, 5) is 12.7. The lowest BCUT2D eigenvalue weighted by atomic mass is 10.1. The number of aliphatic hydroxyl groups excluding tert-OH is 3. The van der Waals surface area contributed by atoms with E-state index in [2.05, 4.69) is 26.8 Å². The van der Waals surface area contributed by atoms with Crippen LogP contribution in [0.25, 0.3) is 11.2 Å². The summed E-state index contributed by atoms with van der Waals surface area (Å²) in [7, 11) is 0. The molecule has 0 bridgehead atoms. The summed E-state index contributed by atoms with van der Waals surface area (Å²) in [6.45, 7) is -0.399. The lowest BCUT2D eigenvalue weighted by Gasteiger charge is -2.16. The van der Waals surface area contributed by atoms with E-state index in [1.54, 1.807) is 0 Å². The lowest BCUT2D eigenvalue weighted by Crippen LogP contribution is -2.33. The zero-order valence-corrected chi connectivity index (χ0v) is 13.6. The van der Waals surface area contributed by atoms with Crippen LogP contribution < -0.4 is 0 Å². The lowest BCUT2D eigenvalue weighted by molar-refractivity contribution is -0.0511. The first-order valence-electron chi connectivity index (χ1n) is 8.06. The Kier molecular flexibility index (Phi) is 4.36. The number of hydrogen-bond acceptors (Lipinski definition) is 7. The molecule has 1 aliphatic heterocycles. The van der Waals surface area contributed by atoms with Crippen molar-refractivity contribution in [3.8, 4) is 11.8 Å². The van der Waals surface area contributed by atoms with E-state index in [1.165, 1.54) is 17.2 Å². The van der Waals surface area contributed by atoms with Gasteiger partial charge >= 0.3 is 0 Å². The summed E-state index contributed by atoms with van der Waals surface area (Å²) in [5.74, 6) is 6.00. The summed E-state index contributed by atoms with van der Waals surface area (Å²) < 4.78 is 7.04. The number of aromatic nitrogens is 4. The van der Waals surface area contributed by atoms with Crippen LogP contribution in [0.15, 0.2) is 43.0 Å². The van der Waals surface area contributed by atoms with Gasteiger partial charge < -0.3 is 20.1 Å². The molecule has 0 amide bonds. The van der Waals surface area contributed by atoms with Gasteiger partial charge in [0, 0.05) is 5.56 Å². The van der Waals surface area contributed by atoms with Crippen LogP contribution in [0.4, 0.5) is 0 Å². The average Bonchev–Trinajstić information content (AvgIpc) is 3.23. The van der Waals surface area contributed by atoms with Gasteiger partial charge in [-0.05, 0) is 18.1 Å². The quantitative estimate of drug-likeness (QED) is 0.549. The maximum Gasteiger partial charge on any atom is 0.166 e. The van der Waals surface area contributed by atoms with E-state index < -0.39 is 31.1 Å². The number of benzene rings is 1.